The fourth-order valence-corrected chi connectivity index (χ4v) is 3.35. The van der Waals surface area contributed by atoms with E-state index in [1.165, 1.54) is 32.1 Å². The van der Waals surface area contributed by atoms with Crippen molar-refractivity contribution in [3.63, 3.8) is 0 Å². The minimum absolute atomic E-state index is 0.438. The van der Waals surface area contributed by atoms with Crippen molar-refractivity contribution in [1.29, 1.82) is 0 Å². The molecule has 19 heavy (non-hydrogen) atoms. The first-order valence-corrected chi connectivity index (χ1v) is 7.70. The lowest BCUT2D eigenvalue weighted by Gasteiger charge is -2.41. The highest BCUT2D eigenvalue weighted by atomic mass is 16.5. The fraction of sp³-hybridized carbons (Fsp3) is 1.00. The van der Waals surface area contributed by atoms with Crippen LogP contribution in [0.4, 0.5) is 0 Å². The normalized spacial score (nSPS) is 24.5. The van der Waals surface area contributed by atoms with Gasteiger partial charge in [0.15, 0.2) is 0 Å². The lowest BCUT2D eigenvalue weighted by molar-refractivity contribution is -0.0141. The smallest absolute Gasteiger partial charge is 0.0587 e. The molecule has 112 valence electrons. The lowest BCUT2D eigenvalue weighted by Crippen LogP contribution is -2.42. The molecule has 0 bridgehead atoms. The Hall–Kier alpha value is -0.160. The van der Waals surface area contributed by atoms with Crippen LogP contribution >= 0.6 is 0 Å². The summed E-state index contributed by atoms with van der Waals surface area (Å²) in [4.78, 5) is 0. The van der Waals surface area contributed by atoms with Crippen molar-refractivity contribution in [1.82, 2.24) is 5.32 Å². The van der Waals surface area contributed by atoms with E-state index < -0.39 is 0 Å². The van der Waals surface area contributed by atoms with Gasteiger partial charge in [-0.25, -0.2) is 0 Å². The van der Waals surface area contributed by atoms with E-state index in [4.69, 9.17) is 14.2 Å². The summed E-state index contributed by atoms with van der Waals surface area (Å²) in [5.74, 6) is 0.844. The van der Waals surface area contributed by atoms with Gasteiger partial charge in [0, 0.05) is 46.6 Å². The van der Waals surface area contributed by atoms with Gasteiger partial charge in [-0.3, -0.25) is 0 Å². The number of rotatable bonds is 7. The summed E-state index contributed by atoms with van der Waals surface area (Å²) >= 11 is 0. The zero-order valence-corrected chi connectivity index (χ0v) is 12.3. The van der Waals surface area contributed by atoms with Crippen molar-refractivity contribution in [3.8, 4) is 0 Å². The minimum Gasteiger partial charge on any atom is -0.383 e. The molecule has 4 heteroatoms. The molecule has 0 radical (unpaired) electrons. The minimum atomic E-state index is 0.438. The van der Waals surface area contributed by atoms with Crippen molar-refractivity contribution in [3.05, 3.63) is 0 Å². The Labute approximate surface area is 117 Å². The van der Waals surface area contributed by atoms with Crippen LogP contribution in [0.25, 0.3) is 0 Å². The molecule has 0 aromatic carbocycles. The van der Waals surface area contributed by atoms with Gasteiger partial charge in [0.05, 0.1) is 6.61 Å². The Bertz CT molecular complexity index is 236. The third-order valence-electron chi connectivity index (χ3n) is 4.60. The molecule has 2 aliphatic heterocycles. The van der Waals surface area contributed by atoms with E-state index in [1.807, 2.05) is 0 Å². The van der Waals surface area contributed by atoms with Gasteiger partial charge in [-0.15, -0.1) is 0 Å². The Morgan fingerprint density at radius 1 is 1.11 bits per heavy atom. The van der Waals surface area contributed by atoms with Crippen LogP contribution in [0.1, 0.15) is 32.1 Å². The van der Waals surface area contributed by atoms with Gasteiger partial charge < -0.3 is 19.5 Å². The van der Waals surface area contributed by atoms with Crippen LogP contribution in [0.3, 0.4) is 0 Å². The molecule has 0 aromatic rings. The SMILES string of the molecule is COCCNCC1(CC2CCOCC2)CCOCC1. The fourth-order valence-electron chi connectivity index (χ4n) is 3.35. The second-order valence-electron chi connectivity index (χ2n) is 6.04. The molecule has 0 aromatic heterocycles. The summed E-state index contributed by atoms with van der Waals surface area (Å²) in [7, 11) is 1.76. The average molecular weight is 271 g/mol. The molecule has 1 N–H and O–H groups in total. The molecule has 0 atom stereocenters. The third kappa shape index (κ3) is 5.03. The van der Waals surface area contributed by atoms with Crippen molar-refractivity contribution in [2.24, 2.45) is 11.3 Å². The third-order valence-corrected chi connectivity index (χ3v) is 4.60. The van der Waals surface area contributed by atoms with Gasteiger partial charge >= 0.3 is 0 Å². The van der Waals surface area contributed by atoms with E-state index in [0.717, 1.165) is 52.0 Å². The van der Waals surface area contributed by atoms with Crippen LogP contribution in [-0.2, 0) is 14.2 Å². The number of methoxy groups -OCH3 is 1. The van der Waals surface area contributed by atoms with Gasteiger partial charge in [-0.1, -0.05) is 0 Å². The van der Waals surface area contributed by atoms with Gasteiger partial charge in [0.25, 0.3) is 0 Å². The molecular formula is C15H29NO3. The summed E-state index contributed by atoms with van der Waals surface area (Å²) in [6.45, 7) is 6.61. The molecule has 2 fully saturated rings. The first kappa shape index (κ1) is 15.2. The predicted octanol–water partition coefficient (Wildman–Crippen LogP) is 1.84. The van der Waals surface area contributed by atoms with Gasteiger partial charge in [-0.05, 0) is 43.4 Å². The maximum atomic E-state index is 5.56. The molecule has 2 heterocycles. The summed E-state index contributed by atoms with van der Waals surface area (Å²) < 4.78 is 16.2. The van der Waals surface area contributed by atoms with Crippen LogP contribution in [0.15, 0.2) is 0 Å². The molecule has 0 amide bonds. The molecular weight excluding hydrogens is 242 g/mol. The molecule has 4 nitrogen and oxygen atoms in total. The zero-order chi connectivity index (χ0) is 13.4. The highest BCUT2D eigenvalue weighted by molar-refractivity contribution is 4.87. The maximum absolute atomic E-state index is 5.56. The van der Waals surface area contributed by atoms with Crippen LogP contribution in [-0.4, -0.2) is 53.2 Å². The van der Waals surface area contributed by atoms with E-state index in [-0.39, 0.29) is 0 Å². The number of hydrogen-bond acceptors (Lipinski definition) is 4. The standard InChI is InChI=1S/C15H29NO3/c1-17-11-6-16-13-15(4-9-19-10-5-15)12-14-2-7-18-8-3-14/h14,16H,2-13H2,1H3. The first-order valence-electron chi connectivity index (χ1n) is 7.70. The van der Waals surface area contributed by atoms with Gasteiger partial charge in [0.2, 0.25) is 0 Å². The summed E-state index contributed by atoms with van der Waals surface area (Å²) in [6, 6.07) is 0. The summed E-state index contributed by atoms with van der Waals surface area (Å²) in [5.41, 5.74) is 0.438. The molecule has 0 spiro atoms. The number of ether oxygens (including phenoxy) is 3. The summed E-state index contributed by atoms with van der Waals surface area (Å²) in [6.07, 6.45) is 6.20. The van der Waals surface area contributed by atoms with Crippen LogP contribution in [0, 0.1) is 11.3 Å². The van der Waals surface area contributed by atoms with Crippen molar-refractivity contribution in [2.75, 3.05) is 53.2 Å². The molecule has 2 aliphatic rings. The number of nitrogens with one attached hydrogen (secondary N) is 1. The zero-order valence-electron chi connectivity index (χ0n) is 12.3. The van der Waals surface area contributed by atoms with E-state index in [9.17, 15) is 0 Å². The Morgan fingerprint density at radius 3 is 2.47 bits per heavy atom. The van der Waals surface area contributed by atoms with E-state index >= 15 is 0 Å². The Morgan fingerprint density at radius 2 is 1.79 bits per heavy atom. The first-order chi connectivity index (χ1) is 9.35. The van der Waals surface area contributed by atoms with Crippen molar-refractivity contribution in [2.45, 2.75) is 32.1 Å². The largest absolute Gasteiger partial charge is 0.383 e. The molecule has 0 saturated carbocycles. The molecule has 0 unspecified atom stereocenters. The summed E-state index contributed by atoms with van der Waals surface area (Å²) in [5, 5.41) is 3.57. The van der Waals surface area contributed by atoms with Gasteiger partial charge in [0.1, 0.15) is 0 Å². The van der Waals surface area contributed by atoms with E-state index in [0.29, 0.717) is 5.41 Å². The Balaban J connectivity index is 1.82. The van der Waals surface area contributed by atoms with Crippen molar-refractivity contribution >= 4 is 0 Å². The predicted molar refractivity (Wildman–Crippen MR) is 75.4 cm³/mol. The maximum Gasteiger partial charge on any atom is 0.0587 e. The second-order valence-corrected chi connectivity index (χ2v) is 6.04. The highest BCUT2D eigenvalue weighted by Crippen LogP contribution is 2.39. The van der Waals surface area contributed by atoms with Crippen LogP contribution in [0.2, 0.25) is 0 Å². The second kappa shape index (κ2) is 8.20. The number of hydrogen-bond donors (Lipinski definition) is 1. The topological polar surface area (TPSA) is 39.7 Å². The highest BCUT2D eigenvalue weighted by Gasteiger charge is 2.35. The van der Waals surface area contributed by atoms with E-state index in [1.54, 1.807) is 7.11 Å². The Kier molecular flexibility index (Phi) is 6.57. The average Bonchev–Trinajstić information content (AvgIpc) is 2.46. The van der Waals surface area contributed by atoms with E-state index in [2.05, 4.69) is 5.32 Å². The van der Waals surface area contributed by atoms with Crippen molar-refractivity contribution < 1.29 is 14.2 Å². The van der Waals surface area contributed by atoms with Crippen LogP contribution in [0.5, 0.6) is 0 Å². The molecule has 0 aliphatic carbocycles. The monoisotopic (exact) mass is 271 g/mol. The van der Waals surface area contributed by atoms with Gasteiger partial charge in [-0.2, -0.15) is 0 Å². The molecule has 2 saturated heterocycles. The quantitative estimate of drug-likeness (QED) is 0.717. The molecule has 2 rings (SSSR count). The van der Waals surface area contributed by atoms with Crippen LogP contribution < -0.4 is 5.32 Å². The lowest BCUT2D eigenvalue weighted by atomic mass is 9.71.